The number of nitrogens with one attached hydrogen (secondary N) is 1. The van der Waals surface area contributed by atoms with Crippen LogP contribution in [0.2, 0.25) is 5.02 Å². The van der Waals surface area contributed by atoms with Crippen LogP contribution in [0.25, 0.3) is 0 Å². The van der Waals surface area contributed by atoms with Gasteiger partial charge in [-0.2, -0.15) is 0 Å². The van der Waals surface area contributed by atoms with Gasteiger partial charge < -0.3 is 19.5 Å². The fraction of sp³-hybridized carbons (Fsp3) is 0.259. The summed E-state index contributed by atoms with van der Waals surface area (Å²) >= 11 is 9.66. The molecular weight excluding hydrogens is 548 g/mol. The van der Waals surface area contributed by atoms with Crippen LogP contribution in [0.4, 0.5) is 11.4 Å². The molecule has 3 atom stereocenters. The maximum absolute atomic E-state index is 11.8. The van der Waals surface area contributed by atoms with Gasteiger partial charge in [0.05, 0.1) is 40.9 Å². The van der Waals surface area contributed by atoms with E-state index in [1.165, 1.54) is 6.07 Å². The van der Waals surface area contributed by atoms with E-state index in [1.54, 1.807) is 20.3 Å². The first-order valence-electron chi connectivity index (χ1n) is 11.4. The average Bonchev–Trinajstić information content (AvgIpc) is 3.37. The van der Waals surface area contributed by atoms with Gasteiger partial charge in [0.15, 0.2) is 11.5 Å². The van der Waals surface area contributed by atoms with Crippen molar-refractivity contribution in [3.05, 3.63) is 97.0 Å². The van der Waals surface area contributed by atoms with Gasteiger partial charge in [-0.1, -0.05) is 35.9 Å². The molecule has 5 rings (SSSR count). The molecule has 0 amide bonds. The van der Waals surface area contributed by atoms with Crippen LogP contribution < -0.4 is 19.5 Å². The normalized spacial score (nSPS) is 19.7. The molecule has 9 heteroatoms. The standard InChI is InChI=1S/C27H24BrClN2O5/c1-34-22-11-10-21(31(32)33)24-18-4-3-5-19(18)25(30-26(22)24)16-12-20(28)27(23(13-16)35-2)36-14-15-6-8-17(29)9-7-15/h3-4,6-13,18-19,25,30H,5,14H2,1-2H3/t18-,19+,25-/m1/s1. The molecule has 0 aromatic heterocycles. The number of nitro benzene ring substituents is 1. The number of rotatable bonds is 7. The van der Waals surface area contributed by atoms with E-state index in [4.69, 9.17) is 25.8 Å². The van der Waals surface area contributed by atoms with Crippen LogP contribution in [0.15, 0.2) is 65.2 Å². The van der Waals surface area contributed by atoms with Crippen LogP contribution in [-0.2, 0) is 6.61 Å². The number of hydrogen-bond donors (Lipinski definition) is 1. The number of hydrogen-bond acceptors (Lipinski definition) is 6. The molecule has 0 fully saturated rings. The molecule has 3 aromatic rings. The fourth-order valence-electron chi connectivity index (χ4n) is 5.12. The van der Waals surface area contributed by atoms with Crippen molar-refractivity contribution in [3.8, 4) is 17.2 Å². The Morgan fingerprint density at radius 2 is 1.86 bits per heavy atom. The third kappa shape index (κ3) is 4.40. The molecule has 1 aliphatic carbocycles. The Bertz CT molecular complexity index is 1340. The largest absolute Gasteiger partial charge is 0.495 e. The van der Waals surface area contributed by atoms with Crippen molar-refractivity contribution in [1.82, 2.24) is 0 Å². The summed E-state index contributed by atoms with van der Waals surface area (Å²) in [5.74, 6) is 1.76. The first kappa shape index (κ1) is 24.5. The lowest BCUT2D eigenvalue weighted by Crippen LogP contribution is -2.30. The monoisotopic (exact) mass is 570 g/mol. The highest BCUT2D eigenvalue weighted by Gasteiger charge is 2.43. The Morgan fingerprint density at radius 3 is 2.56 bits per heavy atom. The van der Waals surface area contributed by atoms with Crippen LogP contribution in [0, 0.1) is 16.0 Å². The van der Waals surface area contributed by atoms with Gasteiger partial charge in [-0.15, -0.1) is 0 Å². The van der Waals surface area contributed by atoms with E-state index in [9.17, 15) is 10.1 Å². The minimum Gasteiger partial charge on any atom is -0.495 e. The second-order valence-corrected chi connectivity index (χ2v) is 10.0. The SMILES string of the molecule is COc1ccc([N+](=O)[O-])c2c1N[C@H](c1cc(Br)c(OCc3ccc(Cl)cc3)c(OC)c1)[C@H]1CC=C[C@@H]21. The molecule has 7 nitrogen and oxygen atoms in total. The van der Waals surface area contributed by atoms with Gasteiger partial charge >= 0.3 is 0 Å². The second-order valence-electron chi connectivity index (χ2n) is 8.76. The van der Waals surface area contributed by atoms with E-state index in [0.29, 0.717) is 40.1 Å². The molecule has 3 aromatic carbocycles. The number of nitrogens with zero attached hydrogens (tertiary/aromatic N) is 1. The lowest BCUT2D eigenvalue weighted by molar-refractivity contribution is -0.385. The van der Waals surface area contributed by atoms with E-state index in [-0.39, 0.29) is 28.5 Å². The first-order valence-corrected chi connectivity index (χ1v) is 12.6. The average molecular weight is 572 g/mol. The number of halogens is 2. The zero-order valence-electron chi connectivity index (χ0n) is 19.7. The molecule has 0 bridgehead atoms. The van der Waals surface area contributed by atoms with Gasteiger partial charge in [-0.25, -0.2) is 0 Å². The maximum atomic E-state index is 11.8. The number of ether oxygens (including phenoxy) is 3. The highest BCUT2D eigenvalue weighted by Crippen LogP contribution is 2.55. The molecule has 0 saturated heterocycles. The predicted molar refractivity (Wildman–Crippen MR) is 142 cm³/mol. The van der Waals surface area contributed by atoms with Gasteiger partial charge in [-0.05, 0) is 69.7 Å². The number of methoxy groups -OCH3 is 2. The Labute approximate surface area is 222 Å². The zero-order chi connectivity index (χ0) is 25.4. The number of anilines is 1. The summed E-state index contributed by atoms with van der Waals surface area (Å²) in [5, 5.41) is 16.1. The molecule has 0 unspecified atom stereocenters. The Balaban J connectivity index is 1.51. The van der Waals surface area contributed by atoms with Crippen LogP contribution in [-0.4, -0.2) is 19.1 Å². The fourth-order valence-corrected chi connectivity index (χ4v) is 5.82. The van der Waals surface area contributed by atoms with Gasteiger partial charge in [0.1, 0.15) is 12.4 Å². The molecule has 0 radical (unpaired) electrons. The first-order chi connectivity index (χ1) is 17.4. The minimum absolute atomic E-state index is 0.0979. The van der Waals surface area contributed by atoms with E-state index in [0.717, 1.165) is 22.0 Å². The summed E-state index contributed by atoms with van der Waals surface area (Å²) in [6.45, 7) is 0.357. The minimum atomic E-state index is -0.323. The number of nitro groups is 1. The maximum Gasteiger partial charge on any atom is 0.275 e. The quantitative estimate of drug-likeness (QED) is 0.180. The highest BCUT2D eigenvalue weighted by molar-refractivity contribution is 9.10. The topological polar surface area (TPSA) is 82.9 Å². The van der Waals surface area contributed by atoms with Crippen molar-refractivity contribution in [1.29, 1.82) is 0 Å². The van der Waals surface area contributed by atoms with Gasteiger partial charge in [0, 0.05) is 17.0 Å². The van der Waals surface area contributed by atoms with Crippen molar-refractivity contribution in [2.75, 3.05) is 19.5 Å². The van der Waals surface area contributed by atoms with Gasteiger partial charge in [0.2, 0.25) is 0 Å². The van der Waals surface area contributed by atoms with Crippen LogP contribution in [0.1, 0.15) is 35.1 Å². The molecule has 1 N–H and O–H groups in total. The second kappa shape index (κ2) is 10.0. The lowest BCUT2D eigenvalue weighted by atomic mass is 9.76. The van der Waals surface area contributed by atoms with E-state index in [1.807, 2.05) is 36.4 Å². The molecule has 186 valence electrons. The van der Waals surface area contributed by atoms with Gasteiger partial charge in [-0.3, -0.25) is 10.1 Å². The van der Waals surface area contributed by atoms with Crippen molar-refractivity contribution >= 4 is 38.9 Å². The van der Waals surface area contributed by atoms with E-state index < -0.39 is 0 Å². The van der Waals surface area contributed by atoms with Crippen molar-refractivity contribution in [2.45, 2.75) is 25.0 Å². The third-order valence-corrected chi connectivity index (χ3v) is 7.62. The molecule has 36 heavy (non-hydrogen) atoms. The zero-order valence-corrected chi connectivity index (χ0v) is 22.0. The number of benzene rings is 3. The Kier molecular flexibility index (Phi) is 6.81. The van der Waals surface area contributed by atoms with E-state index >= 15 is 0 Å². The Hall–Kier alpha value is -3.23. The summed E-state index contributed by atoms with van der Waals surface area (Å²) in [6, 6.07) is 14.5. The van der Waals surface area contributed by atoms with Crippen LogP contribution >= 0.6 is 27.5 Å². The summed E-state index contributed by atoms with van der Waals surface area (Å²) in [6.07, 6.45) is 4.96. The predicted octanol–water partition coefficient (Wildman–Crippen LogP) is 7.43. The molecule has 0 saturated carbocycles. The van der Waals surface area contributed by atoms with Crippen molar-refractivity contribution in [2.24, 2.45) is 5.92 Å². The number of fused-ring (bicyclic) bond motifs is 3. The van der Waals surface area contributed by atoms with Crippen LogP contribution in [0.3, 0.4) is 0 Å². The molecule has 1 heterocycles. The smallest absolute Gasteiger partial charge is 0.275 e. The van der Waals surface area contributed by atoms with Crippen molar-refractivity contribution < 1.29 is 19.1 Å². The summed E-state index contributed by atoms with van der Waals surface area (Å²) in [4.78, 5) is 11.5. The van der Waals surface area contributed by atoms with Gasteiger partial charge in [0.25, 0.3) is 5.69 Å². The number of allylic oxidation sites excluding steroid dienone is 2. The molecular formula is C27H24BrClN2O5. The molecule has 0 spiro atoms. The van der Waals surface area contributed by atoms with Crippen LogP contribution in [0.5, 0.6) is 17.2 Å². The summed E-state index contributed by atoms with van der Waals surface area (Å²) < 4.78 is 18.1. The van der Waals surface area contributed by atoms with E-state index in [2.05, 4.69) is 33.4 Å². The highest BCUT2D eigenvalue weighted by atomic mass is 79.9. The third-order valence-electron chi connectivity index (χ3n) is 6.78. The van der Waals surface area contributed by atoms with Crippen molar-refractivity contribution in [3.63, 3.8) is 0 Å². The molecule has 1 aliphatic heterocycles. The Morgan fingerprint density at radius 1 is 1.11 bits per heavy atom. The molecule has 2 aliphatic rings. The summed E-state index contributed by atoms with van der Waals surface area (Å²) in [7, 11) is 3.18. The lowest BCUT2D eigenvalue weighted by Gasteiger charge is -2.38. The summed E-state index contributed by atoms with van der Waals surface area (Å²) in [5.41, 5.74) is 3.39.